The van der Waals surface area contributed by atoms with Crippen molar-refractivity contribution in [1.29, 1.82) is 5.26 Å². The summed E-state index contributed by atoms with van der Waals surface area (Å²) in [6, 6.07) is 2.05. The maximum atomic E-state index is 14.5. The predicted octanol–water partition coefficient (Wildman–Crippen LogP) is 6.24. The molecule has 0 radical (unpaired) electrons. The van der Waals surface area contributed by atoms with Crippen LogP contribution in [0.2, 0.25) is 23.3 Å². The zero-order valence-electron chi connectivity index (χ0n) is 21.2. The molecule has 1 aromatic rings. The molecule has 0 saturated heterocycles. The molecule has 2 atom stereocenters. The number of nitrogens with zero attached hydrogens (tertiary/aromatic N) is 2. The Morgan fingerprint density at radius 2 is 1.91 bits per heavy atom. The van der Waals surface area contributed by atoms with Gasteiger partial charge in [0.15, 0.2) is 20.0 Å². The van der Waals surface area contributed by atoms with Crippen LogP contribution in [0.1, 0.15) is 66.9 Å². The molecule has 0 aliphatic rings. The van der Waals surface area contributed by atoms with Gasteiger partial charge in [-0.05, 0) is 64.7 Å². The molecule has 7 nitrogen and oxygen atoms in total. The number of pyridine rings is 1. The summed E-state index contributed by atoms with van der Waals surface area (Å²) in [7, 11) is -1.89. The summed E-state index contributed by atoms with van der Waals surface area (Å²) in [6.45, 7) is 18.6. The third kappa shape index (κ3) is 9.47. The molecule has 0 fully saturated rings. The van der Waals surface area contributed by atoms with Crippen LogP contribution in [0.15, 0.2) is 6.07 Å². The van der Waals surface area contributed by atoms with Crippen molar-refractivity contribution in [1.82, 2.24) is 10.3 Å². The van der Waals surface area contributed by atoms with Gasteiger partial charge in [-0.25, -0.2) is 14.2 Å². The molecular weight excluding hydrogens is 463 g/mol. The number of rotatable bonds is 9. The number of ether oxygens (including phenoxy) is 1. The monoisotopic (exact) mass is 500 g/mol. The lowest BCUT2D eigenvalue weighted by atomic mass is 10.0. The molecule has 1 aromatic heterocycles. The summed E-state index contributed by atoms with van der Waals surface area (Å²) >= 11 is 6.00. The van der Waals surface area contributed by atoms with Crippen molar-refractivity contribution in [3.63, 3.8) is 0 Å². The molecule has 186 valence electrons. The Morgan fingerprint density at radius 1 is 1.30 bits per heavy atom. The Bertz CT molecular complexity index is 863. The van der Waals surface area contributed by atoms with Gasteiger partial charge in [0.1, 0.15) is 16.8 Å². The number of anilines is 1. The van der Waals surface area contributed by atoms with Crippen LogP contribution in [0.4, 0.5) is 15.0 Å². The lowest BCUT2D eigenvalue weighted by Crippen LogP contribution is -2.47. The Labute approximate surface area is 203 Å². The number of amides is 1. The number of nitriles is 1. The van der Waals surface area contributed by atoms with E-state index < -0.39 is 31.9 Å². The summed E-state index contributed by atoms with van der Waals surface area (Å²) in [5.74, 6) is -0.768. The summed E-state index contributed by atoms with van der Waals surface area (Å²) in [4.78, 5) is 16.3. The van der Waals surface area contributed by atoms with Gasteiger partial charge >= 0.3 is 6.09 Å². The second-order valence-corrected chi connectivity index (χ2v) is 15.9. The summed E-state index contributed by atoms with van der Waals surface area (Å²) < 4.78 is 26.1. The van der Waals surface area contributed by atoms with E-state index in [1.54, 1.807) is 33.8 Å². The third-order valence-corrected chi connectivity index (χ3v) is 10.5. The second kappa shape index (κ2) is 11.5. The van der Waals surface area contributed by atoms with Gasteiger partial charge in [0, 0.05) is 18.7 Å². The highest BCUT2D eigenvalue weighted by Crippen LogP contribution is 2.36. The lowest BCUT2D eigenvalue weighted by molar-refractivity contribution is 0.0502. The molecular formula is C23H38ClFN4O3Si. The number of alkyl carbamates (subject to hydrolysis) is 1. The first-order valence-corrected chi connectivity index (χ1v) is 14.4. The highest BCUT2D eigenvalue weighted by atomic mass is 35.5. The summed E-state index contributed by atoms with van der Waals surface area (Å²) in [5, 5.41) is 14.9. The minimum absolute atomic E-state index is 0.0426. The fraction of sp³-hybridized carbons (Fsp3) is 0.696. The van der Waals surface area contributed by atoms with Crippen molar-refractivity contribution in [3.8, 4) is 6.07 Å². The van der Waals surface area contributed by atoms with Gasteiger partial charge in [-0.2, -0.15) is 5.26 Å². The maximum Gasteiger partial charge on any atom is 0.407 e. The number of carbonyl (C=O) groups is 1. The van der Waals surface area contributed by atoms with E-state index in [0.717, 1.165) is 6.07 Å². The quantitative estimate of drug-likeness (QED) is 0.236. The Balaban J connectivity index is 2.96. The highest BCUT2D eigenvalue weighted by molar-refractivity contribution is 6.74. The minimum atomic E-state index is -1.89. The Morgan fingerprint density at radius 3 is 2.42 bits per heavy atom. The molecule has 1 amide bonds. The number of aromatic nitrogens is 1. The van der Waals surface area contributed by atoms with Crippen LogP contribution in [0.25, 0.3) is 0 Å². The standard InChI is InChI=1S/C23H38ClFN4O3Si/c1-15(27-21(30)32-22(2,3)4)18(11-10-12-31-33(8,9)23(5,6)7)28-20-17(25)13-16(14-26)19(24)29-20/h13,15,18H,10-12H2,1-9H3,(H,27,30)(H,28,29)/t15-,18+/m0/s1. The van der Waals surface area contributed by atoms with E-state index in [4.69, 9.17) is 26.0 Å². The molecule has 0 saturated carbocycles. The van der Waals surface area contributed by atoms with Gasteiger partial charge in [0.05, 0.1) is 5.56 Å². The number of halogens is 2. The van der Waals surface area contributed by atoms with Gasteiger partial charge in [-0.15, -0.1) is 0 Å². The molecule has 0 aliphatic carbocycles. The molecule has 0 bridgehead atoms. The molecule has 1 heterocycles. The van der Waals surface area contributed by atoms with Crippen molar-refractivity contribution >= 4 is 31.8 Å². The average molecular weight is 501 g/mol. The van der Waals surface area contributed by atoms with Crippen LogP contribution >= 0.6 is 11.6 Å². The fourth-order valence-corrected chi connectivity index (χ4v) is 3.98. The van der Waals surface area contributed by atoms with Gasteiger partial charge in [-0.3, -0.25) is 0 Å². The Hall–Kier alpha value is -1.89. The van der Waals surface area contributed by atoms with Crippen molar-refractivity contribution < 1.29 is 18.3 Å². The predicted molar refractivity (Wildman–Crippen MR) is 133 cm³/mol. The van der Waals surface area contributed by atoms with E-state index in [1.807, 2.05) is 0 Å². The van der Waals surface area contributed by atoms with E-state index in [0.29, 0.717) is 19.4 Å². The Kier molecular flexibility index (Phi) is 10.1. The van der Waals surface area contributed by atoms with Gasteiger partial charge in [0.25, 0.3) is 0 Å². The molecule has 10 heteroatoms. The van der Waals surface area contributed by atoms with Crippen LogP contribution < -0.4 is 10.6 Å². The third-order valence-electron chi connectivity index (χ3n) is 5.65. The number of carbonyl (C=O) groups excluding carboxylic acids is 1. The van der Waals surface area contributed by atoms with E-state index in [9.17, 15) is 9.18 Å². The van der Waals surface area contributed by atoms with E-state index >= 15 is 0 Å². The molecule has 1 rings (SSSR count). The van der Waals surface area contributed by atoms with Gasteiger partial charge < -0.3 is 19.8 Å². The average Bonchev–Trinajstić information content (AvgIpc) is 2.63. The van der Waals surface area contributed by atoms with Crippen molar-refractivity contribution in [2.45, 2.75) is 97.1 Å². The van der Waals surface area contributed by atoms with Crippen LogP contribution in [0.5, 0.6) is 0 Å². The molecule has 2 N–H and O–H groups in total. The van der Waals surface area contributed by atoms with Crippen molar-refractivity contribution in [2.24, 2.45) is 0 Å². The lowest BCUT2D eigenvalue weighted by Gasteiger charge is -2.36. The molecule has 0 aromatic carbocycles. The maximum absolute atomic E-state index is 14.5. The zero-order chi connectivity index (χ0) is 25.6. The molecule has 0 spiro atoms. The number of nitrogens with one attached hydrogen (secondary N) is 2. The van der Waals surface area contributed by atoms with Gasteiger partial charge in [-0.1, -0.05) is 32.4 Å². The fourth-order valence-electron chi connectivity index (χ4n) is 2.71. The van der Waals surface area contributed by atoms with Crippen LogP contribution in [-0.4, -0.2) is 43.7 Å². The number of hydrogen-bond acceptors (Lipinski definition) is 6. The summed E-state index contributed by atoms with van der Waals surface area (Å²) in [5.41, 5.74) is -0.683. The van der Waals surface area contributed by atoms with Crippen molar-refractivity contribution in [2.75, 3.05) is 11.9 Å². The summed E-state index contributed by atoms with van der Waals surface area (Å²) in [6.07, 6.45) is 0.700. The van der Waals surface area contributed by atoms with Crippen LogP contribution in [0.3, 0.4) is 0 Å². The van der Waals surface area contributed by atoms with E-state index in [2.05, 4.69) is 49.5 Å². The van der Waals surface area contributed by atoms with Crippen LogP contribution in [-0.2, 0) is 9.16 Å². The first kappa shape index (κ1) is 29.1. The second-order valence-electron chi connectivity index (χ2n) is 10.7. The van der Waals surface area contributed by atoms with Crippen molar-refractivity contribution in [3.05, 3.63) is 22.6 Å². The largest absolute Gasteiger partial charge is 0.444 e. The zero-order valence-corrected chi connectivity index (χ0v) is 23.0. The first-order valence-electron chi connectivity index (χ1n) is 11.1. The first-order chi connectivity index (χ1) is 15.0. The smallest absolute Gasteiger partial charge is 0.407 e. The van der Waals surface area contributed by atoms with Gasteiger partial charge in [0.2, 0.25) is 0 Å². The normalized spacial score (nSPS) is 14.2. The molecule has 0 aliphatic heterocycles. The molecule has 33 heavy (non-hydrogen) atoms. The number of hydrogen-bond donors (Lipinski definition) is 2. The molecule has 0 unspecified atom stereocenters. The van der Waals surface area contributed by atoms with E-state index in [-0.39, 0.29) is 27.6 Å². The topological polar surface area (TPSA) is 96.3 Å². The SMILES string of the molecule is C[C@H](NC(=O)OC(C)(C)C)[C@@H](CCCO[Si](C)(C)C(C)(C)C)Nc1nc(Cl)c(C#N)cc1F. The highest BCUT2D eigenvalue weighted by Gasteiger charge is 2.37. The van der Waals surface area contributed by atoms with E-state index in [1.165, 1.54) is 0 Å². The van der Waals surface area contributed by atoms with Crippen LogP contribution in [0, 0.1) is 17.1 Å². The minimum Gasteiger partial charge on any atom is -0.444 e.